The molecule has 1 heterocycles. The first-order valence-electron chi connectivity index (χ1n) is 6.11. The van der Waals surface area contributed by atoms with Gasteiger partial charge in [-0.2, -0.15) is 4.98 Å². The van der Waals surface area contributed by atoms with Crippen molar-refractivity contribution >= 4 is 11.8 Å². The lowest BCUT2D eigenvalue weighted by Crippen LogP contribution is -2.07. The first-order valence-corrected chi connectivity index (χ1v) is 6.11. The number of aromatic nitrogens is 2. The van der Waals surface area contributed by atoms with Crippen molar-refractivity contribution in [3.8, 4) is 5.88 Å². The predicted molar refractivity (Wildman–Crippen MR) is 74.2 cm³/mol. The Morgan fingerprint density at radius 3 is 2.70 bits per heavy atom. The van der Waals surface area contributed by atoms with Crippen LogP contribution in [0.25, 0.3) is 0 Å². The van der Waals surface area contributed by atoms with Crippen molar-refractivity contribution in [2.45, 2.75) is 6.42 Å². The van der Waals surface area contributed by atoms with Gasteiger partial charge in [-0.15, -0.1) is 0 Å². The average molecular weight is 273 g/mol. The summed E-state index contributed by atoms with van der Waals surface area (Å²) >= 11 is 0. The monoisotopic (exact) mass is 273 g/mol. The smallest absolute Gasteiger partial charge is 0.335 e. The zero-order valence-electron chi connectivity index (χ0n) is 11.0. The highest BCUT2D eigenvalue weighted by Crippen LogP contribution is 2.09. The van der Waals surface area contributed by atoms with Gasteiger partial charge in [0.15, 0.2) is 0 Å². The summed E-state index contributed by atoms with van der Waals surface area (Å²) in [5.41, 5.74) is 1.35. The van der Waals surface area contributed by atoms with Crippen molar-refractivity contribution in [2.24, 2.45) is 0 Å². The molecule has 104 valence electrons. The molecule has 0 saturated carbocycles. The fourth-order valence-corrected chi connectivity index (χ4v) is 1.68. The van der Waals surface area contributed by atoms with Gasteiger partial charge in [-0.05, 0) is 24.1 Å². The summed E-state index contributed by atoms with van der Waals surface area (Å²) in [7, 11) is 1.54. The summed E-state index contributed by atoms with van der Waals surface area (Å²) in [6, 6.07) is 6.82. The van der Waals surface area contributed by atoms with Crippen LogP contribution < -0.4 is 10.1 Å². The van der Waals surface area contributed by atoms with Crippen LogP contribution in [-0.2, 0) is 6.42 Å². The molecule has 0 spiro atoms. The van der Waals surface area contributed by atoms with E-state index in [1.54, 1.807) is 18.3 Å². The largest absolute Gasteiger partial charge is 0.480 e. The minimum Gasteiger partial charge on any atom is -0.480 e. The van der Waals surface area contributed by atoms with Crippen LogP contribution in [0.1, 0.15) is 15.9 Å². The lowest BCUT2D eigenvalue weighted by atomic mass is 10.1. The number of anilines is 1. The van der Waals surface area contributed by atoms with Crippen LogP contribution in [0.15, 0.2) is 36.7 Å². The van der Waals surface area contributed by atoms with Crippen LogP contribution in [-0.4, -0.2) is 34.7 Å². The van der Waals surface area contributed by atoms with E-state index in [1.807, 2.05) is 12.1 Å². The number of carboxylic acids is 1. The van der Waals surface area contributed by atoms with Gasteiger partial charge in [-0.3, -0.25) is 4.98 Å². The minimum atomic E-state index is -0.915. The Morgan fingerprint density at radius 1 is 1.30 bits per heavy atom. The van der Waals surface area contributed by atoms with E-state index in [9.17, 15) is 4.79 Å². The maximum atomic E-state index is 10.7. The highest BCUT2D eigenvalue weighted by atomic mass is 16.5. The molecule has 6 nitrogen and oxygen atoms in total. The van der Waals surface area contributed by atoms with E-state index in [0.29, 0.717) is 23.8 Å². The van der Waals surface area contributed by atoms with E-state index in [4.69, 9.17) is 9.84 Å². The van der Waals surface area contributed by atoms with Crippen molar-refractivity contribution < 1.29 is 14.6 Å². The second-order valence-corrected chi connectivity index (χ2v) is 4.13. The summed E-state index contributed by atoms with van der Waals surface area (Å²) in [6.45, 7) is 0.675. The van der Waals surface area contributed by atoms with Gasteiger partial charge in [0.1, 0.15) is 5.82 Å². The van der Waals surface area contributed by atoms with Crippen LogP contribution in [0.2, 0.25) is 0 Å². The molecule has 0 aliphatic rings. The average Bonchev–Trinajstić information content (AvgIpc) is 2.48. The molecular formula is C14H15N3O3. The molecule has 0 amide bonds. The Kier molecular flexibility index (Phi) is 4.49. The number of nitrogens with zero attached hydrogens (tertiary/aromatic N) is 2. The number of benzene rings is 1. The highest BCUT2D eigenvalue weighted by molar-refractivity contribution is 5.87. The predicted octanol–water partition coefficient (Wildman–Crippen LogP) is 1.84. The van der Waals surface area contributed by atoms with Crippen LogP contribution in [0.5, 0.6) is 5.88 Å². The van der Waals surface area contributed by atoms with Crippen molar-refractivity contribution in [3.05, 3.63) is 47.8 Å². The number of hydrogen-bond donors (Lipinski definition) is 2. The number of hydrogen-bond acceptors (Lipinski definition) is 5. The molecule has 6 heteroatoms. The Hall–Kier alpha value is -2.63. The van der Waals surface area contributed by atoms with E-state index in [2.05, 4.69) is 15.3 Å². The fourth-order valence-electron chi connectivity index (χ4n) is 1.68. The molecule has 2 rings (SSSR count). The Morgan fingerprint density at radius 2 is 2.05 bits per heavy atom. The van der Waals surface area contributed by atoms with E-state index in [0.717, 1.165) is 12.0 Å². The molecule has 0 atom stereocenters. The number of methoxy groups -OCH3 is 1. The zero-order valence-corrected chi connectivity index (χ0v) is 11.0. The SMILES string of the molecule is COc1cncc(NCCc2ccc(C(=O)O)cc2)n1. The third-order valence-corrected chi connectivity index (χ3v) is 2.74. The van der Waals surface area contributed by atoms with Gasteiger partial charge in [0.05, 0.1) is 25.1 Å². The second kappa shape index (κ2) is 6.51. The lowest BCUT2D eigenvalue weighted by Gasteiger charge is -2.06. The third-order valence-electron chi connectivity index (χ3n) is 2.74. The number of ether oxygens (including phenoxy) is 1. The molecule has 0 unspecified atom stereocenters. The molecule has 0 saturated heterocycles. The lowest BCUT2D eigenvalue weighted by molar-refractivity contribution is 0.0697. The van der Waals surface area contributed by atoms with Gasteiger partial charge in [0, 0.05) is 6.54 Å². The quantitative estimate of drug-likeness (QED) is 0.835. The maximum Gasteiger partial charge on any atom is 0.335 e. The maximum absolute atomic E-state index is 10.7. The summed E-state index contributed by atoms with van der Waals surface area (Å²) in [6.07, 6.45) is 3.92. The van der Waals surface area contributed by atoms with E-state index in [-0.39, 0.29) is 0 Å². The van der Waals surface area contributed by atoms with E-state index in [1.165, 1.54) is 13.3 Å². The van der Waals surface area contributed by atoms with Gasteiger partial charge in [0.25, 0.3) is 0 Å². The van der Waals surface area contributed by atoms with Crippen molar-refractivity contribution in [3.63, 3.8) is 0 Å². The summed E-state index contributed by atoms with van der Waals surface area (Å²) in [5.74, 6) is 0.189. The van der Waals surface area contributed by atoms with Gasteiger partial charge < -0.3 is 15.2 Å². The highest BCUT2D eigenvalue weighted by Gasteiger charge is 2.02. The zero-order chi connectivity index (χ0) is 14.4. The number of carbonyl (C=O) groups is 1. The summed E-state index contributed by atoms with van der Waals surface area (Å²) in [5, 5.41) is 11.9. The van der Waals surface area contributed by atoms with Crippen LogP contribution >= 0.6 is 0 Å². The molecule has 2 aromatic rings. The third kappa shape index (κ3) is 3.68. The normalized spacial score (nSPS) is 10.1. The standard InChI is InChI=1S/C14H15N3O3/c1-20-13-9-15-8-12(17-13)16-7-6-10-2-4-11(5-3-10)14(18)19/h2-5,8-9H,6-7H2,1H3,(H,16,17)(H,18,19). The van der Waals surface area contributed by atoms with Gasteiger partial charge >= 0.3 is 5.97 Å². The fraction of sp³-hybridized carbons (Fsp3) is 0.214. The van der Waals surface area contributed by atoms with Crippen LogP contribution in [0.4, 0.5) is 5.82 Å². The summed E-state index contributed by atoms with van der Waals surface area (Å²) < 4.78 is 4.99. The molecule has 20 heavy (non-hydrogen) atoms. The first kappa shape index (κ1) is 13.8. The van der Waals surface area contributed by atoms with E-state index < -0.39 is 5.97 Å². The van der Waals surface area contributed by atoms with Crippen molar-refractivity contribution in [2.75, 3.05) is 19.0 Å². The Balaban J connectivity index is 1.87. The topological polar surface area (TPSA) is 84.3 Å². The number of nitrogens with one attached hydrogen (secondary N) is 1. The summed E-state index contributed by atoms with van der Waals surface area (Å²) in [4.78, 5) is 18.9. The number of rotatable bonds is 6. The molecule has 0 aliphatic carbocycles. The Bertz CT molecular complexity index is 584. The second-order valence-electron chi connectivity index (χ2n) is 4.13. The van der Waals surface area contributed by atoms with Crippen LogP contribution in [0, 0.1) is 0 Å². The Labute approximate surface area is 116 Å². The van der Waals surface area contributed by atoms with Gasteiger partial charge in [0.2, 0.25) is 5.88 Å². The molecular weight excluding hydrogens is 258 g/mol. The molecule has 2 N–H and O–H groups in total. The van der Waals surface area contributed by atoms with Crippen molar-refractivity contribution in [1.82, 2.24) is 9.97 Å². The molecule has 0 radical (unpaired) electrons. The first-order chi connectivity index (χ1) is 9.69. The molecule has 0 bridgehead atoms. The molecule has 0 aliphatic heterocycles. The van der Waals surface area contributed by atoms with Crippen LogP contribution in [0.3, 0.4) is 0 Å². The van der Waals surface area contributed by atoms with Gasteiger partial charge in [-0.25, -0.2) is 4.79 Å². The molecule has 1 aromatic heterocycles. The molecule has 1 aromatic carbocycles. The molecule has 0 fully saturated rings. The van der Waals surface area contributed by atoms with Crippen molar-refractivity contribution in [1.29, 1.82) is 0 Å². The number of aromatic carboxylic acids is 1. The number of carboxylic acid groups (broad SMARTS) is 1. The minimum absolute atomic E-state index is 0.292. The van der Waals surface area contributed by atoms with E-state index >= 15 is 0 Å². The van der Waals surface area contributed by atoms with Gasteiger partial charge in [-0.1, -0.05) is 12.1 Å².